The van der Waals surface area contributed by atoms with Gasteiger partial charge in [-0.25, -0.2) is 4.39 Å². The molecule has 2 amide bonds. The van der Waals surface area contributed by atoms with Gasteiger partial charge in [-0.05, 0) is 48.4 Å². The number of hydrogen-bond donors (Lipinski definition) is 2. The third kappa shape index (κ3) is 3.97. The van der Waals surface area contributed by atoms with Crippen molar-refractivity contribution in [3.8, 4) is 0 Å². The normalized spacial score (nSPS) is 10.4. The molecule has 0 saturated carbocycles. The Balaban J connectivity index is 1.71. The molecule has 0 saturated heterocycles. The summed E-state index contributed by atoms with van der Waals surface area (Å²) in [4.78, 5) is 24.6. The number of nitrogens with one attached hydrogen (secondary N) is 2. The predicted molar refractivity (Wildman–Crippen MR) is 95.4 cm³/mol. The molecule has 26 heavy (non-hydrogen) atoms. The second kappa shape index (κ2) is 7.65. The molecule has 0 unspecified atom stereocenters. The van der Waals surface area contributed by atoms with Crippen LogP contribution in [0.2, 0.25) is 0 Å². The van der Waals surface area contributed by atoms with Gasteiger partial charge in [0, 0.05) is 6.54 Å². The number of rotatable bonds is 5. The van der Waals surface area contributed by atoms with Gasteiger partial charge in [0.2, 0.25) is 0 Å². The smallest absolute Gasteiger partial charge is 0.291 e. The summed E-state index contributed by atoms with van der Waals surface area (Å²) in [5.74, 6) is -0.917. The van der Waals surface area contributed by atoms with Crippen LogP contribution >= 0.6 is 0 Å². The minimum Gasteiger partial charge on any atom is -0.459 e. The zero-order valence-electron chi connectivity index (χ0n) is 14.1. The van der Waals surface area contributed by atoms with Gasteiger partial charge in [0.15, 0.2) is 5.76 Å². The van der Waals surface area contributed by atoms with Crippen molar-refractivity contribution in [2.75, 3.05) is 5.32 Å². The molecule has 0 radical (unpaired) electrons. The number of furan rings is 1. The monoisotopic (exact) mass is 352 g/mol. The van der Waals surface area contributed by atoms with Crippen molar-refractivity contribution in [2.24, 2.45) is 0 Å². The van der Waals surface area contributed by atoms with Gasteiger partial charge in [0.1, 0.15) is 5.82 Å². The van der Waals surface area contributed by atoms with Crippen molar-refractivity contribution in [1.29, 1.82) is 0 Å². The van der Waals surface area contributed by atoms with Gasteiger partial charge in [0.05, 0.1) is 17.5 Å². The van der Waals surface area contributed by atoms with E-state index in [1.54, 1.807) is 49.4 Å². The molecular formula is C20H17FN2O3. The number of carbonyl (C=O) groups excluding carboxylic acids is 2. The second-order valence-electron chi connectivity index (χ2n) is 5.74. The molecule has 0 aliphatic rings. The molecular weight excluding hydrogens is 335 g/mol. The van der Waals surface area contributed by atoms with Crippen LogP contribution in [-0.2, 0) is 6.54 Å². The second-order valence-corrected chi connectivity index (χ2v) is 5.74. The summed E-state index contributed by atoms with van der Waals surface area (Å²) < 4.78 is 18.4. The van der Waals surface area contributed by atoms with Crippen molar-refractivity contribution in [1.82, 2.24) is 5.32 Å². The molecule has 0 aliphatic heterocycles. The zero-order valence-corrected chi connectivity index (χ0v) is 14.1. The number of anilines is 1. The first-order valence-electron chi connectivity index (χ1n) is 8.01. The highest BCUT2D eigenvalue weighted by molar-refractivity contribution is 6.07. The lowest BCUT2D eigenvalue weighted by atomic mass is 10.1. The first-order valence-corrected chi connectivity index (χ1v) is 8.01. The van der Waals surface area contributed by atoms with E-state index >= 15 is 0 Å². The highest BCUT2D eigenvalue weighted by Crippen LogP contribution is 2.17. The lowest BCUT2D eigenvalue weighted by Gasteiger charge is -2.11. The van der Waals surface area contributed by atoms with Gasteiger partial charge in [0.25, 0.3) is 11.8 Å². The van der Waals surface area contributed by atoms with Crippen molar-refractivity contribution in [2.45, 2.75) is 13.5 Å². The van der Waals surface area contributed by atoms with Crippen LogP contribution in [-0.4, -0.2) is 11.8 Å². The van der Waals surface area contributed by atoms with Crippen LogP contribution in [0.5, 0.6) is 0 Å². The summed E-state index contributed by atoms with van der Waals surface area (Å²) in [6.45, 7) is 1.92. The lowest BCUT2D eigenvalue weighted by Crippen LogP contribution is -2.24. The van der Waals surface area contributed by atoms with E-state index in [2.05, 4.69) is 10.6 Å². The van der Waals surface area contributed by atoms with Crippen molar-refractivity contribution in [3.63, 3.8) is 0 Å². The van der Waals surface area contributed by atoms with Gasteiger partial charge in [-0.2, -0.15) is 0 Å². The summed E-state index contributed by atoms with van der Waals surface area (Å²) in [6.07, 6.45) is 1.40. The van der Waals surface area contributed by atoms with Gasteiger partial charge in [-0.1, -0.05) is 24.3 Å². The Morgan fingerprint density at radius 2 is 1.85 bits per heavy atom. The molecule has 0 bridgehead atoms. The fourth-order valence-corrected chi connectivity index (χ4v) is 2.48. The van der Waals surface area contributed by atoms with E-state index < -0.39 is 5.91 Å². The van der Waals surface area contributed by atoms with Crippen molar-refractivity contribution < 1.29 is 18.4 Å². The lowest BCUT2D eigenvalue weighted by molar-refractivity contribution is 0.0951. The summed E-state index contributed by atoms with van der Waals surface area (Å²) >= 11 is 0. The molecule has 0 fully saturated rings. The zero-order chi connectivity index (χ0) is 18.5. The molecule has 0 aliphatic carbocycles. The maximum atomic E-state index is 13.3. The maximum Gasteiger partial charge on any atom is 0.291 e. The molecule has 5 nitrogen and oxygen atoms in total. The molecule has 3 rings (SSSR count). The number of para-hydroxylation sites is 1. The summed E-state index contributed by atoms with van der Waals surface area (Å²) in [5.41, 5.74) is 2.00. The Hall–Kier alpha value is -3.41. The Kier molecular flexibility index (Phi) is 5.12. The quantitative estimate of drug-likeness (QED) is 0.731. The van der Waals surface area contributed by atoms with E-state index in [-0.39, 0.29) is 24.0 Å². The predicted octanol–water partition coefficient (Wildman–Crippen LogP) is 3.91. The van der Waals surface area contributed by atoms with Crippen molar-refractivity contribution in [3.05, 3.63) is 89.1 Å². The van der Waals surface area contributed by atoms with Crippen LogP contribution in [0, 0.1) is 12.7 Å². The first kappa shape index (κ1) is 17.4. The molecule has 1 heterocycles. The molecule has 0 spiro atoms. The average molecular weight is 352 g/mol. The number of carbonyl (C=O) groups is 2. The summed E-state index contributed by atoms with van der Waals surface area (Å²) in [5, 5.41) is 5.44. The number of benzene rings is 2. The number of halogens is 1. The molecule has 3 aromatic rings. The van der Waals surface area contributed by atoms with E-state index in [1.807, 2.05) is 0 Å². The van der Waals surface area contributed by atoms with Gasteiger partial charge in [-0.3, -0.25) is 9.59 Å². The van der Waals surface area contributed by atoms with E-state index in [0.29, 0.717) is 16.8 Å². The average Bonchev–Trinajstić information content (AvgIpc) is 3.18. The van der Waals surface area contributed by atoms with Gasteiger partial charge in [-0.15, -0.1) is 0 Å². The van der Waals surface area contributed by atoms with Crippen LogP contribution in [0.1, 0.15) is 32.0 Å². The molecule has 2 aromatic carbocycles. The van der Waals surface area contributed by atoms with Crippen molar-refractivity contribution >= 4 is 17.5 Å². The standard InChI is InChI=1S/C20H17FN2O3/c1-13-11-14(8-9-16(13)21)12-22-19(24)15-5-2-3-6-17(15)23-20(25)18-7-4-10-26-18/h2-11H,12H2,1H3,(H,22,24)(H,23,25). The van der Waals surface area contributed by atoms with Crippen LogP contribution in [0.25, 0.3) is 0 Å². The third-order valence-electron chi connectivity index (χ3n) is 3.84. The van der Waals surface area contributed by atoms with Crippen LogP contribution < -0.4 is 10.6 Å². The molecule has 6 heteroatoms. The minimum atomic E-state index is -0.440. The Bertz CT molecular complexity index is 936. The van der Waals surface area contributed by atoms with Gasteiger partial charge < -0.3 is 15.1 Å². The van der Waals surface area contributed by atoms with Crippen LogP contribution in [0.3, 0.4) is 0 Å². The van der Waals surface area contributed by atoms with E-state index in [4.69, 9.17) is 4.42 Å². The summed E-state index contributed by atoms with van der Waals surface area (Å²) in [7, 11) is 0. The Labute approximate surface area is 149 Å². The minimum absolute atomic E-state index is 0.155. The Morgan fingerprint density at radius 1 is 1.04 bits per heavy atom. The topological polar surface area (TPSA) is 71.3 Å². The fraction of sp³-hybridized carbons (Fsp3) is 0.100. The fourth-order valence-electron chi connectivity index (χ4n) is 2.48. The van der Waals surface area contributed by atoms with Crippen LogP contribution in [0.4, 0.5) is 10.1 Å². The van der Waals surface area contributed by atoms with Crippen LogP contribution in [0.15, 0.2) is 65.3 Å². The Morgan fingerprint density at radius 3 is 2.58 bits per heavy atom. The maximum absolute atomic E-state index is 13.3. The largest absolute Gasteiger partial charge is 0.459 e. The third-order valence-corrected chi connectivity index (χ3v) is 3.84. The first-order chi connectivity index (χ1) is 12.5. The number of aryl methyl sites for hydroxylation is 1. The number of amides is 2. The highest BCUT2D eigenvalue weighted by atomic mass is 19.1. The van der Waals surface area contributed by atoms with E-state index in [1.165, 1.54) is 18.4 Å². The number of hydrogen-bond acceptors (Lipinski definition) is 3. The molecule has 132 valence electrons. The van der Waals surface area contributed by atoms with E-state index in [9.17, 15) is 14.0 Å². The molecule has 2 N–H and O–H groups in total. The molecule has 1 aromatic heterocycles. The van der Waals surface area contributed by atoms with E-state index in [0.717, 1.165) is 5.56 Å². The van der Waals surface area contributed by atoms with Gasteiger partial charge >= 0.3 is 0 Å². The summed E-state index contributed by atoms with van der Waals surface area (Å²) in [6, 6.07) is 14.5. The molecule has 0 atom stereocenters. The SMILES string of the molecule is Cc1cc(CNC(=O)c2ccccc2NC(=O)c2ccco2)ccc1F. The highest BCUT2D eigenvalue weighted by Gasteiger charge is 2.15.